The molecule has 106 valence electrons. The summed E-state index contributed by atoms with van der Waals surface area (Å²) in [5, 5.41) is 8.94. The lowest BCUT2D eigenvalue weighted by molar-refractivity contribution is 0.101. The molecule has 0 amide bonds. The third-order valence-electron chi connectivity index (χ3n) is 3.02. The molecule has 0 heterocycles. The Labute approximate surface area is 123 Å². The number of ether oxygens (including phenoxy) is 2. The minimum Gasteiger partial charge on any atom is -0.497 e. The zero-order valence-corrected chi connectivity index (χ0v) is 11.9. The number of carbonyl (C=O) groups excluding carboxylic acids is 1. The van der Waals surface area contributed by atoms with Gasteiger partial charge in [-0.05, 0) is 42.8 Å². The van der Waals surface area contributed by atoms with Gasteiger partial charge in [0.05, 0.1) is 24.3 Å². The van der Waals surface area contributed by atoms with Gasteiger partial charge in [0, 0.05) is 0 Å². The molecule has 0 saturated carbocycles. The predicted octanol–water partition coefficient (Wildman–Crippen LogP) is 3.35. The Hall–Kier alpha value is -2.80. The van der Waals surface area contributed by atoms with Crippen molar-refractivity contribution in [3.05, 3.63) is 59.2 Å². The molecule has 0 unspecified atom stereocenters. The number of ketones is 1. The number of benzene rings is 2. The molecule has 0 spiro atoms. The van der Waals surface area contributed by atoms with Crippen molar-refractivity contribution in [1.82, 2.24) is 0 Å². The Kier molecular flexibility index (Phi) is 4.57. The van der Waals surface area contributed by atoms with Gasteiger partial charge < -0.3 is 9.47 Å². The van der Waals surface area contributed by atoms with E-state index >= 15 is 0 Å². The van der Waals surface area contributed by atoms with E-state index in [2.05, 4.69) is 0 Å². The van der Waals surface area contributed by atoms with E-state index in [1.54, 1.807) is 25.3 Å². The number of rotatable bonds is 5. The van der Waals surface area contributed by atoms with Gasteiger partial charge in [0.2, 0.25) is 0 Å². The van der Waals surface area contributed by atoms with Crippen molar-refractivity contribution in [2.24, 2.45) is 0 Å². The molecule has 2 rings (SSSR count). The Morgan fingerprint density at radius 1 is 1.24 bits per heavy atom. The molecule has 0 atom stereocenters. The fourth-order valence-electron chi connectivity index (χ4n) is 1.93. The van der Waals surface area contributed by atoms with E-state index in [0.717, 1.165) is 11.3 Å². The predicted molar refractivity (Wildman–Crippen MR) is 78.5 cm³/mol. The van der Waals surface area contributed by atoms with Gasteiger partial charge in [-0.25, -0.2) is 0 Å². The van der Waals surface area contributed by atoms with E-state index in [4.69, 9.17) is 14.7 Å². The van der Waals surface area contributed by atoms with Crippen molar-refractivity contribution >= 4 is 5.78 Å². The molecule has 4 heteroatoms. The number of Topliss-reactive ketones (excluding diaryl/α,β-unsaturated/α-hetero) is 1. The van der Waals surface area contributed by atoms with Crippen LogP contribution in [0.2, 0.25) is 0 Å². The molecular formula is C17H15NO3. The van der Waals surface area contributed by atoms with E-state index < -0.39 is 0 Å². The Balaban J connectivity index is 2.22. The largest absolute Gasteiger partial charge is 0.497 e. The van der Waals surface area contributed by atoms with Crippen LogP contribution in [0.15, 0.2) is 42.5 Å². The summed E-state index contributed by atoms with van der Waals surface area (Å²) in [6.07, 6.45) is 0. The SMILES string of the molecule is COc1cccc(COc2cc(C#N)ccc2C(C)=O)c1. The molecule has 0 saturated heterocycles. The molecule has 0 bridgehead atoms. The topological polar surface area (TPSA) is 59.3 Å². The van der Waals surface area contributed by atoms with Crippen molar-refractivity contribution in [1.29, 1.82) is 5.26 Å². The summed E-state index contributed by atoms with van der Waals surface area (Å²) < 4.78 is 10.9. The second-order valence-electron chi connectivity index (χ2n) is 4.52. The summed E-state index contributed by atoms with van der Waals surface area (Å²) >= 11 is 0. The van der Waals surface area contributed by atoms with Crippen molar-refractivity contribution in [3.8, 4) is 17.6 Å². The standard InChI is InChI=1S/C17H15NO3/c1-12(19)16-7-6-13(10-18)9-17(16)21-11-14-4-3-5-15(8-14)20-2/h3-9H,11H2,1-2H3. The summed E-state index contributed by atoms with van der Waals surface area (Å²) in [5.41, 5.74) is 1.85. The zero-order valence-electron chi connectivity index (χ0n) is 11.9. The van der Waals surface area contributed by atoms with Crippen LogP contribution in [0.5, 0.6) is 11.5 Å². The van der Waals surface area contributed by atoms with Gasteiger partial charge in [-0.1, -0.05) is 12.1 Å². The lowest BCUT2D eigenvalue weighted by Gasteiger charge is -2.11. The summed E-state index contributed by atoms with van der Waals surface area (Å²) in [5.74, 6) is 1.07. The third-order valence-corrected chi connectivity index (χ3v) is 3.02. The van der Waals surface area contributed by atoms with Gasteiger partial charge in [0.15, 0.2) is 5.78 Å². The average Bonchev–Trinajstić information content (AvgIpc) is 2.52. The first-order valence-corrected chi connectivity index (χ1v) is 6.45. The van der Waals surface area contributed by atoms with E-state index in [-0.39, 0.29) is 5.78 Å². The van der Waals surface area contributed by atoms with Crippen molar-refractivity contribution in [2.75, 3.05) is 7.11 Å². The van der Waals surface area contributed by atoms with Crippen LogP contribution in [0, 0.1) is 11.3 Å². The first-order valence-electron chi connectivity index (χ1n) is 6.45. The van der Waals surface area contributed by atoms with Crippen LogP contribution in [-0.4, -0.2) is 12.9 Å². The Bertz CT molecular complexity index is 701. The summed E-state index contributed by atoms with van der Waals surface area (Å²) in [6.45, 7) is 1.77. The van der Waals surface area contributed by atoms with Gasteiger partial charge >= 0.3 is 0 Å². The highest BCUT2D eigenvalue weighted by Gasteiger charge is 2.10. The van der Waals surface area contributed by atoms with E-state index in [0.29, 0.717) is 23.5 Å². The number of nitriles is 1. The maximum Gasteiger partial charge on any atom is 0.163 e. The summed E-state index contributed by atoms with van der Waals surface area (Å²) in [4.78, 5) is 11.6. The van der Waals surface area contributed by atoms with Gasteiger partial charge in [-0.15, -0.1) is 0 Å². The molecule has 0 aliphatic heterocycles. The number of nitrogens with zero attached hydrogens (tertiary/aromatic N) is 1. The van der Waals surface area contributed by atoms with Crippen LogP contribution in [-0.2, 0) is 6.61 Å². The highest BCUT2D eigenvalue weighted by atomic mass is 16.5. The van der Waals surface area contributed by atoms with Gasteiger partial charge in [-0.3, -0.25) is 4.79 Å². The Morgan fingerprint density at radius 3 is 2.71 bits per heavy atom. The first-order chi connectivity index (χ1) is 10.1. The molecule has 0 aliphatic carbocycles. The highest BCUT2D eigenvalue weighted by Crippen LogP contribution is 2.23. The maximum atomic E-state index is 11.6. The van der Waals surface area contributed by atoms with E-state index in [1.807, 2.05) is 30.3 Å². The van der Waals surface area contributed by atoms with Gasteiger partial charge in [-0.2, -0.15) is 5.26 Å². The van der Waals surface area contributed by atoms with Gasteiger partial charge in [0.1, 0.15) is 18.1 Å². The molecule has 0 N–H and O–H groups in total. The summed E-state index contributed by atoms with van der Waals surface area (Å²) in [6, 6.07) is 14.3. The number of carbonyl (C=O) groups is 1. The Morgan fingerprint density at radius 2 is 2.05 bits per heavy atom. The monoisotopic (exact) mass is 281 g/mol. The fourth-order valence-corrected chi connectivity index (χ4v) is 1.93. The molecule has 2 aromatic rings. The van der Waals surface area contributed by atoms with Gasteiger partial charge in [0.25, 0.3) is 0 Å². The van der Waals surface area contributed by atoms with E-state index in [9.17, 15) is 4.79 Å². The maximum absolute atomic E-state index is 11.6. The molecule has 0 fully saturated rings. The first kappa shape index (κ1) is 14.6. The van der Waals surface area contributed by atoms with Crippen molar-refractivity contribution in [2.45, 2.75) is 13.5 Å². The van der Waals surface area contributed by atoms with Crippen molar-refractivity contribution < 1.29 is 14.3 Å². The minimum absolute atomic E-state index is 0.0971. The van der Waals surface area contributed by atoms with Crippen LogP contribution in [0.1, 0.15) is 28.4 Å². The highest BCUT2D eigenvalue weighted by molar-refractivity contribution is 5.97. The van der Waals surface area contributed by atoms with Crippen LogP contribution < -0.4 is 9.47 Å². The third kappa shape index (κ3) is 3.61. The molecule has 4 nitrogen and oxygen atoms in total. The van der Waals surface area contributed by atoms with E-state index in [1.165, 1.54) is 6.92 Å². The molecule has 21 heavy (non-hydrogen) atoms. The molecular weight excluding hydrogens is 266 g/mol. The fraction of sp³-hybridized carbons (Fsp3) is 0.176. The quantitative estimate of drug-likeness (QED) is 0.788. The lowest BCUT2D eigenvalue weighted by atomic mass is 10.1. The minimum atomic E-state index is -0.0971. The molecule has 0 radical (unpaired) electrons. The summed E-state index contributed by atoms with van der Waals surface area (Å²) in [7, 11) is 1.60. The lowest BCUT2D eigenvalue weighted by Crippen LogP contribution is -2.02. The number of methoxy groups -OCH3 is 1. The molecule has 2 aromatic carbocycles. The normalized spacial score (nSPS) is 9.76. The van der Waals surface area contributed by atoms with Crippen LogP contribution in [0.25, 0.3) is 0 Å². The van der Waals surface area contributed by atoms with Crippen LogP contribution >= 0.6 is 0 Å². The van der Waals surface area contributed by atoms with Crippen LogP contribution in [0.3, 0.4) is 0 Å². The van der Waals surface area contributed by atoms with Crippen LogP contribution in [0.4, 0.5) is 0 Å². The van der Waals surface area contributed by atoms with Crippen molar-refractivity contribution in [3.63, 3.8) is 0 Å². The number of hydrogen-bond acceptors (Lipinski definition) is 4. The zero-order chi connectivity index (χ0) is 15.2. The second-order valence-corrected chi connectivity index (χ2v) is 4.52. The smallest absolute Gasteiger partial charge is 0.163 e. The average molecular weight is 281 g/mol. The number of hydrogen-bond donors (Lipinski definition) is 0. The molecule has 0 aliphatic rings. The second kappa shape index (κ2) is 6.58. The molecule has 0 aromatic heterocycles.